The van der Waals surface area contributed by atoms with Gasteiger partial charge in [0.15, 0.2) is 0 Å². The topological polar surface area (TPSA) is 32.3 Å². The number of hydrogen-bond donors (Lipinski definition) is 1. The highest BCUT2D eigenvalue weighted by Gasteiger charge is 2.33. The van der Waals surface area contributed by atoms with E-state index >= 15 is 0 Å². The lowest BCUT2D eigenvalue weighted by atomic mass is 9.89. The summed E-state index contributed by atoms with van der Waals surface area (Å²) >= 11 is 0. The molecule has 0 bridgehead atoms. The Hall–Kier alpha value is -0.570. The van der Waals surface area contributed by atoms with Gasteiger partial charge in [0.1, 0.15) is 0 Å². The molecule has 1 saturated heterocycles. The second kappa shape index (κ2) is 6.05. The zero-order valence-electron chi connectivity index (χ0n) is 12.1. The van der Waals surface area contributed by atoms with Crippen molar-refractivity contribution in [2.45, 2.75) is 52.5 Å². The molecule has 1 N–H and O–H groups in total. The van der Waals surface area contributed by atoms with Gasteiger partial charge in [-0.25, -0.2) is 0 Å². The van der Waals surface area contributed by atoms with Crippen LogP contribution < -0.4 is 5.32 Å². The van der Waals surface area contributed by atoms with E-state index in [1.807, 2.05) is 13.8 Å². The number of nitrogens with zero attached hydrogens (tertiary/aromatic N) is 1. The lowest BCUT2D eigenvalue weighted by Gasteiger charge is -2.39. The fraction of sp³-hybridized carbons (Fsp3) is 0.933. The first-order valence-corrected chi connectivity index (χ1v) is 7.62. The van der Waals surface area contributed by atoms with Gasteiger partial charge in [-0.2, -0.15) is 0 Å². The number of carbonyl (C=O) groups excluding carboxylic acids is 1. The minimum atomic E-state index is 0.131. The van der Waals surface area contributed by atoms with Gasteiger partial charge < -0.3 is 10.2 Å². The average Bonchev–Trinajstić information content (AvgIpc) is 3.12. The maximum atomic E-state index is 12.2. The average molecular weight is 252 g/mol. The molecule has 3 nitrogen and oxygen atoms in total. The predicted molar refractivity (Wildman–Crippen MR) is 74.3 cm³/mol. The fourth-order valence-corrected chi connectivity index (χ4v) is 3.18. The third-order valence-electron chi connectivity index (χ3n) is 4.20. The Kier molecular flexibility index (Phi) is 4.66. The van der Waals surface area contributed by atoms with Crippen molar-refractivity contribution in [2.24, 2.45) is 17.8 Å². The van der Waals surface area contributed by atoms with Crippen molar-refractivity contribution in [3.8, 4) is 0 Å². The smallest absolute Gasteiger partial charge is 0.225 e. The standard InChI is InChI=1S/C15H28N2O/c1-4-16-14-8-13(7-12-5-6-12)9-17(10-14)15(18)11(2)3/h11-14,16H,4-10H2,1-3H3. The van der Waals surface area contributed by atoms with Crippen molar-refractivity contribution in [1.82, 2.24) is 10.2 Å². The van der Waals surface area contributed by atoms with Crippen LogP contribution in [0.2, 0.25) is 0 Å². The molecule has 0 aromatic rings. The van der Waals surface area contributed by atoms with Crippen LogP contribution in [0.4, 0.5) is 0 Å². The predicted octanol–water partition coefficient (Wildman–Crippen LogP) is 2.27. The van der Waals surface area contributed by atoms with Crippen LogP contribution >= 0.6 is 0 Å². The van der Waals surface area contributed by atoms with Gasteiger partial charge in [-0.1, -0.05) is 33.6 Å². The van der Waals surface area contributed by atoms with E-state index in [2.05, 4.69) is 17.1 Å². The van der Waals surface area contributed by atoms with E-state index in [0.717, 1.165) is 31.5 Å². The van der Waals surface area contributed by atoms with Crippen LogP contribution in [0, 0.1) is 17.8 Å². The highest BCUT2D eigenvalue weighted by molar-refractivity contribution is 5.78. The van der Waals surface area contributed by atoms with Gasteiger partial charge >= 0.3 is 0 Å². The van der Waals surface area contributed by atoms with E-state index in [4.69, 9.17) is 0 Å². The van der Waals surface area contributed by atoms with Gasteiger partial charge in [0.2, 0.25) is 5.91 Å². The van der Waals surface area contributed by atoms with Crippen molar-refractivity contribution in [3.63, 3.8) is 0 Å². The fourth-order valence-electron chi connectivity index (χ4n) is 3.18. The molecule has 104 valence electrons. The molecule has 0 spiro atoms. The first-order chi connectivity index (χ1) is 8.60. The summed E-state index contributed by atoms with van der Waals surface area (Å²) in [6, 6.07) is 0.509. The van der Waals surface area contributed by atoms with Crippen LogP contribution in [0.15, 0.2) is 0 Å². The Bertz CT molecular complexity index is 286. The zero-order valence-corrected chi connectivity index (χ0v) is 12.1. The highest BCUT2D eigenvalue weighted by atomic mass is 16.2. The maximum absolute atomic E-state index is 12.2. The molecule has 1 aliphatic heterocycles. The number of carbonyl (C=O) groups is 1. The summed E-state index contributed by atoms with van der Waals surface area (Å²) in [5, 5.41) is 3.54. The largest absolute Gasteiger partial charge is 0.341 e. The van der Waals surface area contributed by atoms with E-state index in [-0.39, 0.29) is 5.92 Å². The van der Waals surface area contributed by atoms with E-state index in [1.165, 1.54) is 25.7 Å². The van der Waals surface area contributed by atoms with Gasteiger partial charge in [-0.15, -0.1) is 0 Å². The molecule has 2 unspecified atom stereocenters. The summed E-state index contributed by atoms with van der Waals surface area (Å²) in [6.07, 6.45) is 5.43. The minimum absolute atomic E-state index is 0.131. The van der Waals surface area contributed by atoms with Crippen LogP contribution in [-0.2, 0) is 4.79 Å². The quantitative estimate of drug-likeness (QED) is 0.814. The Morgan fingerprint density at radius 3 is 2.56 bits per heavy atom. The Morgan fingerprint density at radius 2 is 2.00 bits per heavy atom. The lowest BCUT2D eigenvalue weighted by Crippen LogP contribution is -2.52. The number of piperidine rings is 1. The monoisotopic (exact) mass is 252 g/mol. The van der Waals surface area contributed by atoms with Crippen LogP contribution in [0.5, 0.6) is 0 Å². The molecule has 1 aliphatic carbocycles. The van der Waals surface area contributed by atoms with Crippen LogP contribution in [0.1, 0.15) is 46.5 Å². The van der Waals surface area contributed by atoms with E-state index in [0.29, 0.717) is 11.9 Å². The lowest BCUT2D eigenvalue weighted by molar-refractivity contribution is -0.137. The number of amides is 1. The summed E-state index contributed by atoms with van der Waals surface area (Å²) in [6.45, 7) is 9.08. The van der Waals surface area contributed by atoms with Gasteiger partial charge in [0.05, 0.1) is 0 Å². The molecule has 2 fully saturated rings. The normalized spacial score (nSPS) is 28.8. The van der Waals surface area contributed by atoms with Gasteiger partial charge in [0.25, 0.3) is 0 Å². The second-order valence-corrected chi connectivity index (χ2v) is 6.43. The Morgan fingerprint density at radius 1 is 1.28 bits per heavy atom. The summed E-state index contributed by atoms with van der Waals surface area (Å²) in [7, 11) is 0. The number of nitrogens with one attached hydrogen (secondary N) is 1. The molecule has 18 heavy (non-hydrogen) atoms. The number of rotatable bonds is 5. The molecule has 1 amide bonds. The van der Waals surface area contributed by atoms with Crippen molar-refractivity contribution >= 4 is 5.91 Å². The molecule has 2 rings (SSSR count). The van der Waals surface area contributed by atoms with Crippen molar-refractivity contribution in [2.75, 3.05) is 19.6 Å². The van der Waals surface area contributed by atoms with Crippen LogP contribution in [0.3, 0.4) is 0 Å². The van der Waals surface area contributed by atoms with Gasteiger partial charge in [-0.3, -0.25) is 4.79 Å². The molecule has 3 heteroatoms. The van der Waals surface area contributed by atoms with E-state index in [1.54, 1.807) is 0 Å². The molecule has 1 saturated carbocycles. The first-order valence-electron chi connectivity index (χ1n) is 7.62. The number of likely N-dealkylation sites (N-methyl/N-ethyl adjacent to an activating group) is 1. The highest BCUT2D eigenvalue weighted by Crippen LogP contribution is 2.37. The molecular formula is C15H28N2O. The minimum Gasteiger partial charge on any atom is -0.341 e. The van der Waals surface area contributed by atoms with Crippen molar-refractivity contribution in [1.29, 1.82) is 0 Å². The van der Waals surface area contributed by atoms with E-state index < -0.39 is 0 Å². The molecule has 2 aliphatic rings. The van der Waals surface area contributed by atoms with Crippen molar-refractivity contribution in [3.05, 3.63) is 0 Å². The molecule has 0 aromatic carbocycles. The SMILES string of the molecule is CCNC1CC(CC2CC2)CN(C(=O)C(C)C)C1. The summed E-state index contributed by atoms with van der Waals surface area (Å²) in [5.74, 6) is 2.15. The first kappa shape index (κ1) is 13.9. The van der Waals surface area contributed by atoms with Crippen molar-refractivity contribution < 1.29 is 4.79 Å². The van der Waals surface area contributed by atoms with Crippen LogP contribution in [0.25, 0.3) is 0 Å². The molecule has 2 atom stereocenters. The molecular weight excluding hydrogens is 224 g/mol. The molecule has 0 aromatic heterocycles. The van der Waals surface area contributed by atoms with E-state index in [9.17, 15) is 4.79 Å². The Balaban J connectivity index is 1.93. The summed E-state index contributed by atoms with van der Waals surface area (Å²) in [4.78, 5) is 14.3. The summed E-state index contributed by atoms with van der Waals surface area (Å²) < 4.78 is 0. The van der Waals surface area contributed by atoms with Gasteiger partial charge in [0, 0.05) is 25.0 Å². The summed E-state index contributed by atoms with van der Waals surface area (Å²) in [5.41, 5.74) is 0. The van der Waals surface area contributed by atoms with Gasteiger partial charge in [-0.05, 0) is 31.2 Å². The molecule has 0 radical (unpaired) electrons. The zero-order chi connectivity index (χ0) is 13.1. The second-order valence-electron chi connectivity index (χ2n) is 6.43. The van der Waals surface area contributed by atoms with Crippen LogP contribution in [-0.4, -0.2) is 36.5 Å². The Labute approximate surface area is 111 Å². The third kappa shape index (κ3) is 3.71. The third-order valence-corrected chi connectivity index (χ3v) is 4.20. The number of hydrogen-bond acceptors (Lipinski definition) is 2. The molecule has 1 heterocycles. The number of likely N-dealkylation sites (tertiary alicyclic amines) is 1. The maximum Gasteiger partial charge on any atom is 0.225 e.